The van der Waals surface area contributed by atoms with E-state index >= 15 is 0 Å². The van der Waals surface area contributed by atoms with E-state index in [1.54, 1.807) is 11.8 Å². The molecule has 12 nitrogen and oxygen atoms in total. The summed E-state index contributed by atoms with van der Waals surface area (Å²) in [6.45, 7) is 4.29. The lowest BCUT2D eigenvalue weighted by atomic mass is 9.91. The second kappa shape index (κ2) is 9.52. The van der Waals surface area contributed by atoms with Gasteiger partial charge in [-0.3, -0.25) is 18.7 Å². The highest BCUT2D eigenvalue weighted by molar-refractivity contribution is 5.77. The SMILES string of the molecule is Cc1nc2ccccc2n1CCCC(=O)N1C[C@H](O)C[C@](C)(O)[C@@H](n2cnc3c2c(=O)n(C)c(=O)n3C)C1. The molecule has 0 unspecified atom stereocenters. The lowest BCUT2D eigenvalue weighted by Gasteiger charge is -2.34. The zero-order valence-corrected chi connectivity index (χ0v) is 22.0. The first-order chi connectivity index (χ1) is 18.0. The van der Waals surface area contributed by atoms with Gasteiger partial charge in [0.1, 0.15) is 5.82 Å². The number of β-amino-alcohol motifs (C(OH)–C–C–N with tert-alkyl or cyclic N) is 1. The average Bonchev–Trinajstić information content (AvgIpc) is 3.41. The van der Waals surface area contributed by atoms with E-state index in [0.29, 0.717) is 13.0 Å². The Hall–Kier alpha value is -3.77. The predicted molar refractivity (Wildman–Crippen MR) is 141 cm³/mol. The van der Waals surface area contributed by atoms with Crippen molar-refractivity contribution in [1.29, 1.82) is 0 Å². The molecule has 3 aromatic heterocycles. The number of para-hydroxylation sites is 2. The van der Waals surface area contributed by atoms with Crippen molar-refractivity contribution >= 4 is 28.1 Å². The first kappa shape index (κ1) is 25.9. The van der Waals surface area contributed by atoms with Crippen molar-refractivity contribution in [2.75, 3.05) is 13.1 Å². The van der Waals surface area contributed by atoms with Crippen LogP contribution in [0.15, 0.2) is 40.2 Å². The molecule has 1 aliphatic heterocycles. The van der Waals surface area contributed by atoms with Crippen LogP contribution >= 0.6 is 0 Å². The summed E-state index contributed by atoms with van der Waals surface area (Å²) in [4.78, 5) is 49.2. The van der Waals surface area contributed by atoms with Gasteiger partial charge in [0, 0.05) is 46.6 Å². The molecular weight excluding hydrogens is 490 g/mol. The molecule has 0 bridgehead atoms. The zero-order chi connectivity index (χ0) is 27.4. The van der Waals surface area contributed by atoms with E-state index in [0.717, 1.165) is 21.4 Å². The third kappa shape index (κ3) is 4.33. The molecule has 2 N–H and O–H groups in total. The third-order valence-electron chi connectivity index (χ3n) is 7.67. The molecule has 4 heterocycles. The van der Waals surface area contributed by atoms with E-state index in [9.17, 15) is 24.6 Å². The Labute approximate surface area is 218 Å². The van der Waals surface area contributed by atoms with Gasteiger partial charge in [-0.05, 0) is 32.4 Å². The Bertz CT molecular complexity index is 1640. The van der Waals surface area contributed by atoms with Crippen molar-refractivity contribution in [2.24, 2.45) is 14.1 Å². The van der Waals surface area contributed by atoms with Crippen molar-refractivity contribution in [3.8, 4) is 0 Å². The summed E-state index contributed by atoms with van der Waals surface area (Å²) in [5.41, 5.74) is -0.217. The monoisotopic (exact) mass is 523 g/mol. The van der Waals surface area contributed by atoms with E-state index in [4.69, 9.17) is 0 Å². The van der Waals surface area contributed by atoms with Crippen LogP contribution in [0.4, 0.5) is 0 Å². The van der Waals surface area contributed by atoms with Crippen LogP contribution in [0.25, 0.3) is 22.2 Å². The minimum atomic E-state index is -1.45. The van der Waals surface area contributed by atoms with Gasteiger partial charge in [0.05, 0.1) is 35.1 Å². The normalized spacial score (nSPS) is 22.3. The van der Waals surface area contributed by atoms with Crippen molar-refractivity contribution in [2.45, 2.75) is 57.4 Å². The number of benzene rings is 1. The molecule has 202 valence electrons. The van der Waals surface area contributed by atoms with Gasteiger partial charge in [0.2, 0.25) is 5.91 Å². The van der Waals surface area contributed by atoms with Crippen LogP contribution in [-0.4, -0.2) is 74.1 Å². The van der Waals surface area contributed by atoms with E-state index in [1.807, 2.05) is 31.2 Å². The summed E-state index contributed by atoms with van der Waals surface area (Å²) in [5.74, 6) is 0.724. The number of hydrogen-bond donors (Lipinski definition) is 2. The highest BCUT2D eigenvalue weighted by atomic mass is 16.3. The van der Waals surface area contributed by atoms with Crippen LogP contribution in [0, 0.1) is 6.92 Å². The van der Waals surface area contributed by atoms with Gasteiger partial charge in [-0.1, -0.05) is 12.1 Å². The Morgan fingerprint density at radius 1 is 1.16 bits per heavy atom. The number of fused-ring (bicyclic) bond motifs is 2. The highest BCUT2D eigenvalue weighted by Gasteiger charge is 2.42. The first-order valence-corrected chi connectivity index (χ1v) is 12.7. The van der Waals surface area contributed by atoms with Crippen molar-refractivity contribution in [1.82, 2.24) is 33.1 Å². The number of amides is 1. The van der Waals surface area contributed by atoms with Gasteiger partial charge >= 0.3 is 5.69 Å². The number of nitrogens with zero attached hydrogens (tertiary/aromatic N) is 7. The van der Waals surface area contributed by atoms with Crippen molar-refractivity contribution in [3.05, 3.63) is 57.3 Å². The highest BCUT2D eigenvalue weighted by Crippen LogP contribution is 2.33. The summed E-state index contributed by atoms with van der Waals surface area (Å²) in [5, 5.41) is 22.1. The Morgan fingerprint density at radius 3 is 2.66 bits per heavy atom. The topological polar surface area (TPSA) is 140 Å². The molecule has 4 aromatic rings. The quantitative estimate of drug-likeness (QED) is 0.387. The number of likely N-dealkylation sites (tertiary alicyclic amines) is 1. The van der Waals surface area contributed by atoms with Gasteiger partial charge in [-0.2, -0.15) is 0 Å². The molecule has 12 heteroatoms. The standard InChI is InChI=1S/C26H33N7O5/c1-16-28-18-8-5-6-9-19(18)32(16)11-7-10-21(35)31-13-17(34)12-26(2,38)20(14-31)33-15-27-23-22(33)24(36)30(4)25(37)29(23)3/h5-6,8-9,15,17,20,34,38H,7,10-14H2,1-4H3/t17-,20+,26+/m1/s1. The molecule has 1 amide bonds. The van der Waals surface area contributed by atoms with Crippen LogP contribution in [0.3, 0.4) is 0 Å². The molecule has 1 aromatic carbocycles. The Balaban J connectivity index is 1.41. The van der Waals surface area contributed by atoms with Crippen LogP contribution in [0.2, 0.25) is 0 Å². The number of aryl methyl sites for hydroxylation is 3. The minimum absolute atomic E-state index is 0.00736. The molecule has 1 aliphatic rings. The van der Waals surface area contributed by atoms with E-state index in [-0.39, 0.29) is 43.0 Å². The number of aliphatic hydroxyl groups is 2. The average molecular weight is 524 g/mol. The molecule has 0 saturated carbocycles. The molecular formula is C26H33N7O5. The fourth-order valence-corrected chi connectivity index (χ4v) is 5.63. The van der Waals surface area contributed by atoms with E-state index in [1.165, 1.54) is 29.6 Å². The second-order valence-corrected chi connectivity index (χ2v) is 10.5. The third-order valence-corrected chi connectivity index (χ3v) is 7.67. The Morgan fingerprint density at radius 2 is 1.89 bits per heavy atom. The lowest BCUT2D eigenvalue weighted by Crippen LogP contribution is -2.44. The van der Waals surface area contributed by atoms with Crippen molar-refractivity contribution < 1.29 is 15.0 Å². The fourth-order valence-electron chi connectivity index (χ4n) is 5.63. The number of carbonyl (C=O) groups excluding carboxylic acids is 1. The van der Waals surface area contributed by atoms with E-state index < -0.39 is 29.0 Å². The van der Waals surface area contributed by atoms with Crippen molar-refractivity contribution in [3.63, 3.8) is 0 Å². The maximum atomic E-state index is 13.4. The van der Waals surface area contributed by atoms with Gasteiger partial charge < -0.3 is 24.2 Å². The first-order valence-electron chi connectivity index (χ1n) is 12.7. The van der Waals surface area contributed by atoms with Gasteiger partial charge in [-0.15, -0.1) is 0 Å². The smallest absolute Gasteiger partial charge is 0.332 e. The summed E-state index contributed by atoms with van der Waals surface area (Å²) >= 11 is 0. The minimum Gasteiger partial charge on any atom is -0.391 e. The molecule has 5 rings (SSSR count). The van der Waals surface area contributed by atoms with Gasteiger partial charge in [0.25, 0.3) is 5.56 Å². The predicted octanol–water partition coefficient (Wildman–Crippen LogP) is 0.458. The molecule has 0 radical (unpaired) electrons. The summed E-state index contributed by atoms with van der Waals surface area (Å²) in [6.07, 6.45) is 1.30. The number of aliphatic hydroxyl groups excluding tert-OH is 1. The zero-order valence-electron chi connectivity index (χ0n) is 22.0. The number of hydrogen-bond acceptors (Lipinski definition) is 7. The summed E-state index contributed by atoms with van der Waals surface area (Å²) < 4.78 is 5.89. The maximum absolute atomic E-state index is 13.4. The number of aromatic nitrogens is 6. The van der Waals surface area contributed by atoms with E-state index in [2.05, 4.69) is 14.5 Å². The van der Waals surface area contributed by atoms with Gasteiger partial charge in [-0.25, -0.2) is 14.8 Å². The summed E-state index contributed by atoms with van der Waals surface area (Å²) in [7, 11) is 2.91. The largest absolute Gasteiger partial charge is 0.391 e. The molecule has 3 atom stereocenters. The van der Waals surface area contributed by atoms with Crippen LogP contribution < -0.4 is 11.2 Å². The fraction of sp³-hybridized carbons (Fsp3) is 0.500. The molecule has 1 fully saturated rings. The number of rotatable bonds is 5. The van der Waals surface area contributed by atoms with Crippen LogP contribution in [0.1, 0.15) is 38.1 Å². The lowest BCUT2D eigenvalue weighted by molar-refractivity contribution is -0.133. The maximum Gasteiger partial charge on any atom is 0.332 e. The van der Waals surface area contributed by atoms with Crippen LogP contribution in [-0.2, 0) is 25.4 Å². The summed E-state index contributed by atoms with van der Waals surface area (Å²) in [6, 6.07) is 7.10. The molecule has 1 saturated heterocycles. The Kier molecular flexibility index (Phi) is 6.48. The molecule has 0 spiro atoms. The molecule has 0 aliphatic carbocycles. The van der Waals surface area contributed by atoms with Gasteiger partial charge in [0.15, 0.2) is 11.2 Å². The number of imidazole rings is 2. The molecule has 38 heavy (non-hydrogen) atoms. The second-order valence-electron chi connectivity index (χ2n) is 10.5. The number of carbonyl (C=O) groups is 1. The van der Waals surface area contributed by atoms with Crippen LogP contribution in [0.5, 0.6) is 0 Å².